The molecule has 0 spiro atoms. The molecular formula is C17H19N7O2. The van der Waals surface area contributed by atoms with E-state index in [2.05, 4.69) is 42.1 Å². The van der Waals surface area contributed by atoms with Gasteiger partial charge in [-0.05, 0) is 25.8 Å². The van der Waals surface area contributed by atoms with E-state index in [-0.39, 0.29) is 23.2 Å². The average molecular weight is 353 g/mol. The summed E-state index contributed by atoms with van der Waals surface area (Å²) in [5.41, 5.74) is 0.565. The van der Waals surface area contributed by atoms with Gasteiger partial charge in [-0.15, -0.1) is 0 Å². The molecule has 0 aliphatic carbocycles. The molecule has 3 aromatic heterocycles. The molecule has 1 aliphatic heterocycles. The SMILES string of the molecule is CC1CCC(NC(=O)c2cc(=O)[nH]cn2)CN1c1ncnc2[nH]ccc12. The van der Waals surface area contributed by atoms with Crippen molar-refractivity contribution in [1.82, 2.24) is 30.2 Å². The molecule has 1 amide bonds. The number of carbonyl (C=O) groups is 1. The fourth-order valence-corrected chi connectivity index (χ4v) is 3.36. The van der Waals surface area contributed by atoms with Crippen LogP contribution in [0.2, 0.25) is 0 Å². The minimum atomic E-state index is -0.347. The molecule has 3 N–H and O–H groups in total. The molecule has 4 heterocycles. The van der Waals surface area contributed by atoms with Gasteiger partial charge in [-0.25, -0.2) is 15.0 Å². The smallest absolute Gasteiger partial charge is 0.270 e. The highest BCUT2D eigenvalue weighted by Gasteiger charge is 2.29. The third kappa shape index (κ3) is 3.03. The van der Waals surface area contributed by atoms with Crippen LogP contribution in [0.3, 0.4) is 0 Å². The zero-order valence-electron chi connectivity index (χ0n) is 14.3. The number of nitrogens with zero attached hydrogens (tertiary/aromatic N) is 4. The number of hydrogen-bond acceptors (Lipinski definition) is 6. The van der Waals surface area contributed by atoms with Crippen molar-refractivity contribution >= 4 is 22.8 Å². The van der Waals surface area contributed by atoms with Crippen molar-refractivity contribution in [3.05, 3.63) is 47.0 Å². The van der Waals surface area contributed by atoms with E-state index in [0.29, 0.717) is 12.6 Å². The van der Waals surface area contributed by atoms with Gasteiger partial charge in [0, 0.05) is 30.9 Å². The van der Waals surface area contributed by atoms with Crippen molar-refractivity contribution in [1.29, 1.82) is 0 Å². The number of fused-ring (bicyclic) bond motifs is 1. The largest absolute Gasteiger partial charge is 0.351 e. The van der Waals surface area contributed by atoms with Crippen LogP contribution in [-0.2, 0) is 0 Å². The van der Waals surface area contributed by atoms with Crippen molar-refractivity contribution in [3.8, 4) is 0 Å². The summed E-state index contributed by atoms with van der Waals surface area (Å²) in [4.78, 5) is 44.1. The number of piperidine rings is 1. The maximum atomic E-state index is 12.4. The molecule has 0 bridgehead atoms. The van der Waals surface area contributed by atoms with Gasteiger partial charge >= 0.3 is 0 Å². The lowest BCUT2D eigenvalue weighted by Crippen LogP contribution is -2.51. The van der Waals surface area contributed by atoms with Crippen molar-refractivity contribution in [3.63, 3.8) is 0 Å². The third-order valence-corrected chi connectivity index (χ3v) is 4.73. The Bertz CT molecular complexity index is 996. The monoisotopic (exact) mass is 353 g/mol. The van der Waals surface area contributed by atoms with E-state index in [1.165, 1.54) is 12.4 Å². The topological polar surface area (TPSA) is 120 Å². The van der Waals surface area contributed by atoms with Crippen LogP contribution < -0.4 is 15.8 Å². The predicted octanol–water partition coefficient (Wildman–Crippen LogP) is 0.829. The Morgan fingerprint density at radius 1 is 1.27 bits per heavy atom. The molecule has 0 saturated carbocycles. The fraction of sp³-hybridized carbons (Fsp3) is 0.353. The number of aromatic nitrogens is 5. The second-order valence-corrected chi connectivity index (χ2v) is 6.48. The van der Waals surface area contributed by atoms with Gasteiger partial charge in [0.05, 0.1) is 11.7 Å². The van der Waals surface area contributed by atoms with Gasteiger partial charge in [-0.2, -0.15) is 0 Å². The summed E-state index contributed by atoms with van der Waals surface area (Å²) in [5.74, 6) is 0.516. The number of nitrogens with one attached hydrogen (secondary N) is 3. The van der Waals surface area contributed by atoms with Crippen molar-refractivity contribution < 1.29 is 4.79 Å². The average Bonchev–Trinajstić information content (AvgIpc) is 3.12. The molecule has 26 heavy (non-hydrogen) atoms. The van der Waals surface area contributed by atoms with E-state index in [0.717, 1.165) is 29.7 Å². The van der Waals surface area contributed by atoms with E-state index in [9.17, 15) is 9.59 Å². The molecule has 134 valence electrons. The second-order valence-electron chi connectivity index (χ2n) is 6.48. The number of aromatic amines is 2. The van der Waals surface area contributed by atoms with E-state index in [4.69, 9.17) is 0 Å². The number of anilines is 1. The number of rotatable bonds is 3. The van der Waals surface area contributed by atoms with Crippen LogP contribution in [0.25, 0.3) is 11.0 Å². The Hall–Kier alpha value is -3.23. The molecule has 0 radical (unpaired) electrons. The first-order valence-electron chi connectivity index (χ1n) is 8.52. The summed E-state index contributed by atoms with van der Waals surface area (Å²) in [6.45, 7) is 2.78. The van der Waals surface area contributed by atoms with Crippen LogP contribution in [0.5, 0.6) is 0 Å². The summed E-state index contributed by atoms with van der Waals surface area (Å²) < 4.78 is 0. The highest BCUT2D eigenvalue weighted by Crippen LogP contribution is 2.28. The van der Waals surface area contributed by atoms with Gasteiger partial charge in [0.2, 0.25) is 0 Å². The zero-order valence-corrected chi connectivity index (χ0v) is 14.3. The van der Waals surface area contributed by atoms with Crippen LogP contribution in [0, 0.1) is 0 Å². The van der Waals surface area contributed by atoms with Crippen molar-refractivity contribution in [2.24, 2.45) is 0 Å². The molecule has 2 atom stereocenters. The van der Waals surface area contributed by atoms with Crippen LogP contribution in [0.4, 0.5) is 5.82 Å². The Kier molecular flexibility index (Phi) is 4.11. The predicted molar refractivity (Wildman–Crippen MR) is 96.0 cm³/mol. The molecule has 9 nitrogen and oxygen atoms in total. The minimum Gasteiger partial charge on any atom is -0.351 e. The van der Waals surface area contributed by atoms with Crippen LogP contribution in [0.1, 0.15) is 30.3 Å². The Morgan fingerprint density at radius 2 is 2.15 bits per heavy atom. The number of hydrogen-bond donors (Lipinski definition) is 3. The Morgan fingerprint density at radius 3 is 3.00 bits per heavy atom. The normalized spacial score (nSPS) is 20.3. The molecule has 1 aliphatic rings. The lowest BCUT2D eigenvalue weighted by atomic mass is 9.99. The molecule has 0 aromatic carbocycles. The van der Waals surface area contributed by atoms with Gasteiger partial charge in [0.15, 0.2) is 0 Å². The van der Waals surface area contributed by atoms with Gasteiger partial charge in [-0.3, -0.25) is 9.59 Å². The van der Waals surface area contributed by atoms with Crippen molar-refractivity contribution in [2.75, 3.05) is 11.4 Å². The lowest BCUT2D eigenvalue weighted by Gasteiger charge is -2.39. The first-order chi connectivity index (χ1) is 12.6. The second kappa shape index (κ2) is 6.58. The van der Waals surface area contributed by atoms with Crippen LogP contribution in [0.15, 0.2) is 35.8 Å². The molecule has 4 rings (SSSR count). The summed E-state index contributed by atoms with van der Waals surface area (Å²) in [6.07, 6.45) is 6.40. The maximum absolute atomic E-state index is 12.4. The highest BCUT2D eigenvalue weighted by molar-refractivity contribution is 5.92. The summed E-state index contributed by atoms with van der Waals surface area (Å²) in [6, 6.07) is 3.41. The zero-order chi connectivity index (χ0) is 18.1. The van der Waals surface area contributed by atoms with Gasteiger partial charge in [0.1, 0.15) is 23.5 Å². The molecule has 9 heteroatoms. The number of carbonyl (C=O) groups excluding carboxylic acids is 1. The summed E-state index contributed by atoms with van der Waals surface area (Å²) in [7, 11) is 0. The van der Waals surface area contributed by atoms with Crippen molar-refractivity contribution in [2.45, 2.75) is 31.8 Å². The van der Waals surface area contributed by atoms with E-state index < -0.39 is 0 Å². The molecule has 2 unspecified atom stereocenters. The maximum Gasteiger partial charge on any atom is 0.270 e. The van der Waals surface area contributed by atoms with E-state index in [1.807, 2.05) is 12.3 Å². The molecule has 1 fully saturated rings. The van der Waals surface area contributed by atoms with Gasteiger partial charge in [0.25, 0.3) is 11.5 Å². The fourth-order valence-electron chi connectivity index (χ4n) is 3.36. The van der Waals surface area contributed by atoms with Gasteiger partial charge < -0.3 is 20.2 Å². The molecular weight excluding hydrogens is 334 g/mol. The molecule has 3 aromatic rings. The van der Waals surface area contributed by atoms with Crippen LogP contribution in [-0.4, -0.2) is 49.5 Å². The summed E-state index contributed by atoms with van der Waals surface area (Å²) in [5, 5.41) is 3.94. The number of amides is 1. The van der Waals surface area contributed by atoms with Gasteiger partial charge in [-0.1, -0.05) is 0 Å². The molecule has 1 saturated heterocycles. The van der Waals surface area contributed by atoms with E-state index >= 15 is 0 Å². The first-order valence-corrected chi connectivity index (χ1v) is 8.52. The minimum absolute atomic E-state index is 0.0521. The first kappa shape index (κ1) is 16.2. The summed E-state index contributed by atoms with van der Waals surface area (Å²) >= 11 is 0. The third-order valence-electron chi connectivity index (χ3n) is 4.73. The Labute approximate surface area is 148 Å². The van der Waals surface area contributed by atoms with E-state index in [1.54, 1.807) is 6.33 Å². The quantitative estimate of drug-likeness (QED) is 0.641. The number of H-pyrrole nitrogens is 2. The Balaban J connectivity index is 1.54. The lowest BCUT2D eigenvalue weighted by molar-refractivity contribution is 0.0925. The highest BCUT2D eigenvalue weighted by atomic mass is 16.2. The van der Waals surface area contributed by atoms with Crippen LogP contribution >= 0.6 is 0 Å². The standard InChI is InChI=1S/C17H19N7O2/c1-10-2-3-11(23-17(26)13-6-14(25)20-8-19-13)7-24(10)16-12-4-5-18-15(12)21-9-22-16/h4-6,8-11H,2-3,7H2,1H3,(H,23,26)(H,18,21,22)(H,19,20,25).